The Bertz CT molecular complexity index is 478. The minimum absolute atomic E-state index is 0.131. The predicted octanol–water partition coefficient (Wildman–Crippen LogP) is 0.923. The maximum atomic E-state index is 11.1. The van der Waals surface area contributed by atoms with Gasteiger partial charge in [0.1, 0.15) is 0 Å². The van der Waals surface area contributed by atoms with E-state index >= 15 is 0 Å². The van der Waals surface area contributed by atoms with E-state index in [1.54, 1.807) is 19.2 Å². The number of anilines is 1. The first-order valence-corrected chi connectivity index (χ1v) is 6.96. The quantitative estimate of drug-likeness (QED) is 0.839. The van der Waals surface area contributed by atoms with Crippen LogP contribution in [0.25, 0.3) is 0 Å². The molecular weight excluding hydrogens is 240 g/mol. The average Bonchev–Trinajstić information content (AvgIpc) is 2.22. The van der Waals surface area contributed by atoms with Gasteiger partial charge in [-0.25, -0.2) is 13.6 Å². The van der Waals surface area contributed by atoms with Crippen molar-refractivity contribution >= 4 is 15.7 Å². The molecule has 0 radical (unpaired) electrons. The van der Waals surface area contributed by atoms with E-state index < -0.39 is 10.0 Å². The molecule has 0 aliphatic heterocycles. The number of sulfonamides is 1. The van der Waals surface area contributed by atoms with Crippen LogP contribution < -0.4 is 10.5 Å². The first-order valence-electron chi connectivity index (χ1n) is 5.41. The van der Waals surface area contributed by atoms with E-state index in [9.17, 15) is 8.42 Å². The molecule has 0 spiro atoms. The van der Waals surface area contributed by atoms with Gasteiger partial charge in [0.15, 0.2) is 0 Å². The Kier molecular flexibility index (Phi) is 3.37. The summed E-state index contributed by atoms with van der Waals surface area (Å²) in [5.41, 5.74) is 0.900. The van der Waals surface area contributed by atoms with Gasteiger partial charge in [0.05, 0.1) is 11.0 Å². The van der Waals surface area contributed by atoms with Crippen molar-refractivity contribution in [2.75, 3.05) is 12.4 Å². The van der Waals surface area contributed by atoms with Crippen LogP contribution in [0.5, 0.6) is 0 Å². The van der Waals surface area contributed by atoms with E-state index in [0.29, 0.717) is 12.1 Å². The van der Waals surface area contributed by atoms with Crippen molar-refractivity contribution in [2.24, 2.45) is 5.14 Å². The molecule has 6 heteroatoms. The van der Waals surface area contributed by atoms with Gasteiger partial charge < -0.3 is 10.1 Å². The zero-order valence-corrected chi connectivity index (χ0v) is 10.4. The third-order valence-corrected chi connectivity index (χ3v) is 3.91. The Morgan fingerprint density at radius 3 is 2.35 bits per heavy atom. The first kappa shape index (κ1) is 12.3. The van der Waals surface area contributed by atoms with Crippen LogP contribution in [0.4, 0.5) is 5.69 Å². The first-order chi connectivity index (χ1) is 7.99. The summed E-state index contributed by atoms with van der Waals surface area (Å²) < 4.78 is 27.3. The lowest BCUT2D eigenvalue weighted by molar-refractivity contribution is 0.0329. The van der Waals surface area contributed by atoms with Gasteiger partial charge in [-0.1, -0.05) is 0 Å². The van der Waals surface area contributed by atoms with E-state index in [1.807, 2.05) is 0 Å². The molecule has 0 aromatic heterocycles. The Balaban J connectivity index is 1.96. The molecule has 0 heterocycles. The second-order valence-corrected chi connectivity index (χ2v) is 5.80. The van der Waals surface area contributed by atoms with E-state index in [0.717, 1.165) is 18.5 Å². The highest BCUT2D eigenvalue weighted by Crippen LogP contribution is 2.26. The molecule has 94 valence electrons. The summed E-state index contributed by atoms with van der Waals surface area (Å²) in [6.45, 7) is 0. The van der Waals surface area contributed by atoms with Crippen molar-refractivity contribution in [2.45, 2.75) is 29.9 Å². The van der Waals surface area contributed by atoms with Crippen molar-refractivity contribution in [1.82, 2.24) is 0 Å². The van der Waals surface area contributed by atoms with Crippen molar-refractivity contribution < 1.29 is 13.2 Å². The molecule has 0 bridgehead atoms. The van der Waals surface area contributed by atoms with Crippen molar-refractivity contribution in [3.63, 3.8) is 0 Å². The van der Waals surface area contributed by atoms with Gasteiger partial charge in [-0.15, -0.1) is 0 Å². The number of hydrogen-bond donors (Lipinski definition) is 2. The molecule has 1 aliphatic carbocycles. The zero-order chi connectivity index (χ0) is 12.5. The van der Waals surface area contributed by atoms with Crippen LogP contribution >= 0.6 is 0 Å². The fourth-order valence-electron chi connectivity index (χ4n) is 1.85. The van der Waals surface area contributed by atoms with Gasteiger partial charge in [-0.3, -0.25) is 0 Å². The number of nitrogens with two attached hydrogens (primary N) is 1. The Morgan fingerprint density at radius 2 is 1.88 bits per heavy atom. The second kappa shape index (κ2) is 4.64. The van der Waals surface area contributed by atoms with E-state index in [-0.39, 0.29) is 4.90 Å². The number of hydrogen-bond acceptors (Lipinski definition) is 4. The molecule has 17 heavy (non-hydrogen) atoms. The molecule has 3 N–H and O–H groups in total. The molecule has 0 atom stereocenters. The zero-order valence-electron chi connectivity index (χ0n) is 9.59. The Labute approximate surface area is 101 Å². The summed E-state index contributed by atoms with van der Waals surface area (Å²) in [5, 5.41) is 8.32. The number of methoxy groups -OCH3 is 1. The fourth-order valence-corrected chi connectivity index (χ4v) is 2.37. The molecule has 1 fully saturated rings. The fraction of sp³-hybridized carbons (Fsp3) is 0.455. The molecular formula is C11H16N2O3S. The molecule has 1 aromatic carbocycles. The van der Waals surface area contributed by atoms with E-state index in [4.69, 9.17) is 9.88 Å². The molecule has 0 unspecified atom stereocenters. The van der Waals surface area contributed by atoms with Gasteiger partial charge in [0.25, 0.3) is 0 Å². The van der Waals surface area contributed by atoms with Crippen LogP contribution in [-0.2, 0) is 14.8 Å². The molecule has 2 rings (SSSR count). The lowest BCUT2D eigenvalue weighted by Gasteiger charge is -2.35. The largest absolute Gasteiger partial charge is 0.382 e. The molecule has 1 aliphatic rings. The lowest BCUT2D eigenvalue weighted by atomic mass is 9.89. The van der Waals surface area contributed by atoms with Gasteiger partial charge in [0, 0.05) is 18.8 Å². The standard InChI is InChI=1S/C11H16N2O3S/c1-16-10-6-9(7-10)13-8-2-4-11(5-3-8)17(12,14)15/h2-5,9-10,13H,6-7H2,1H3,(H2,12,14,15). The smallest absolute Gasteiger partial charge is 0.238 e. The minimum atomic E-state index is -3.60. The molecule has 1 saturated carbocycles. The summed E-state index contributed by atoms with van der Waals surface area (Å²) >= 11 is 0. The minimum Gasteiger partial charge on any atom is -0.382 e. The highest BCUT2D eigenvalue weighted by molar-refractivity contribution is 7.89. The van der Waals surface area contributed by atoms with Crippen molar-refractivity contribution in [3.8, 4) is 0 Å². The highest BCUT2D eigenvalue weighted by Gasteiger charge is 2.28. The number of nitrogens with one attached hydrogen (secondary N) is 1. The third-order valence-electron chi connectivity index (χ3n) is 2.98. The second-order valence-electron chi connectivity index (χ2n) is 4.24. The van der Waals surface area contributed by atoms with Crippen LogP contribution in [0.2, 0.25) is 0 Å². The normalized spacial score (nSPS) is 24.1. The summed E-state index contributed by atoms with van der Waals surface area (Å²) in [6, 6.07) is 6.86. The van der Waals surface area contributed by atoms with Crippen LogP contribution in [-0.4, -0.2) is 27.7 Å². The number of ether oxygens (including phenoxy) is 1. The highest BCUT2D eigenvalue weighted by atomic mass is 32.2. The van der Waals surface area contributed by atoms with Crippen molar-refractivity contribution in [1.29, 1.82) is 0 Å². The predicted molar refractivity (Wildman–Crippen MR) is 65.3 cm³/mol. The maximum absolute atomic E-state index is 11.1. The number of benzene rings is 1. The summed E-state index contributed by atoms with van der Waals surface area (Å²) in [5.74, 6) is 0. The topological polar surface area (TPSA) is 81.4 Å². The molecule has 1 aromatic rings. The molecule has 0 saturated heterocycles. The third kappa shape index (κ3) is 2.96. The van der Waals surface area contributed by atoms with E-state index in [2.05, 4.69) is 5.32 Å². The van der Waals surface area contributed by atoms with Crippen LogP contribution in [0.1, 0.15) is 12.8 Å². The molecule has 0 amide bonds. The van der Waals surface area contributed by atoms with Crippen LogP contribution in [0.3, 0.4) is 0 Å². The summed E-state index contributed by atoms with van der Waals surface area (Å²) in [4.78, 5) is 0.131. The van der Waals surface area contributed by atoms with Crippen molar-refractivity contribution in [3.05, 3.63) is 24.3 Å². The van der Waals surface area contributed by atoms with Gasteiger partial charge in [-0.05, 0) is 37.1 Å². The molecule has 5 nitrogen and oxygen atoms in total. The van der Waals surface area contributed by atoms with Crippen LogP contribution in [0.15, 0.2) is 29.2 Å². The SMILES string of the molecule is COC1CC(Nc2ccc(S(N)(=O)=O)cc2)C1. The van der Waals surface area contributed by atoms with Gasteiger partial charge >= 0.3 is 0 Å². The number of primary sulfonamides is 1. The summed E-state index contributed by atoms with van der Waals surface area (Å²) in [6.07, 6.45) is 2.30. The van der Waals surface area contributed by atoms with E-state index in [1.165, 1.54) is 12.1 Å². The van der Waals surface area contributed by atoms with Crippen LogP contribution in [0, 0.1) is 0 Å². The monoisotopic (exact) mass is 256 g/mol. The average molecular weight is 256 g/mol. The van der Waals surface area contributed by atoms with Gasteiger partial charge in [-0.2, -0.15) is 0 Å². The van der Waals surface area contributed by atoms with Gasteiger partial charge in [0.2, 0.25) is 10.0 Å². The lowest BCUT2D eigenvalue weighted by Crippen LogP contribution is -2.40. The Hall–Kier alpha value is -1.11. The number of rotatable bonds is 4. The Morgan fingerprint density at radius 1 is 1.29 bits per heavy atom. The maximum Gasteiger partial charge on any atom is 0.238 e. The summed E-state index contributed by atoms with van der Waals surface area (Å²) in [7, 11) is -1.89.